The largest absolute Gasteiger partial charge is 0.381 e. The van der Waals surface area contributed by atoms with Gasteiger partial charge in [-0.15, -0.1) is 0 Å². The smallest absolute Gasteiger partial charge is 0.191 e. The lowest BCUT2D eigenvalue weighted by Gasteiger charge is -2.22. The highest BCUT2D eigenvalue weighted by molar-refractivity contribution is 5.79. The van der Waals surface area contributed by atoms with Crippen LogP contribution in [-0.4, -0.2) is 57.0 Å². The minimum Gasteiger partial charge on any atom is -0.381 e. The fourth-order valence-electron chi connectivity index (χ4n) is 3.37. The zero-order valence-corrected chi connectivity index (χ0v) is 17.8. The van der Waals surface area contributed by atoms with Crippen molar-refractivity contribution in [3.05, 3.63) is 30.1 Å². The third-order valence-corrected chi connectivity index (χ3v) is 5.16. The molecule has 0 saturated carbocycles. The molecule has 28 heavy (non-hydrogen) atoms. The van der Waals surface area contributed by atoms with Gasteiger partial charge in [-0.1, -0.05) is 19.9 Å². The van der Waals surface area contributed by atoms with E-state index in [1.54, 1.807) is 0 Å². The highest BCUT2D eigenvalue weighted by atomic mass is 16.5. The van der Waals surface area contributed by atoms with Crippen LogP contribution in [0.15, 0.2) is 29.5 Å². The van der Waals surface area contributed by atoms with Crippen molar-refractivity contribution in [1.29, 1.82) is 0 Å². The van der Waals surface area contributed by atoms with Crippen molar-refractivity contribution in [2.45, 2.75) is 46.0 Å². The van der Waals surface area contributed by atoms with Gasteiger partial charge < -0.3 is 20.1 Å². The van der Waals surface area contributed by atoms with Crippen LogP contribution >= 0.6 is 0 Å². The second-order valence-electron chi connectivity index (χ2n) is 7.77. The van der Waals surface area contributed by atoms with Crippen LogP contribution < -0.4 is 10.6 Å². The zero-order valence-electron chi connectivity index (χ0n) is 17.8. The zero-order chi connectivity index (χ0) is 20.0. The summed E-state index contributed by atoms with van der Waals surface area (Å²) in [6, 6.07) is 4.14. The number of guanidine groups is 1. The summed E-state index contributed by atoms with van der Waals surface area (Å²) in [5.74, 6) is 2.42. The van der Waals surface area contributed by atoms with E-state index in [0.717, 1.165) is 71.3 Å². The molecule has 0 spiro atoms. The first-order valence-electron chi connectivity index (χ1n) is 10.8. The molecule has 2 N–H and O–H groups in total. The van der Waals surface area contributed by atoms with Gasteiger partial charge in [-0.2, -0.15) is 0 Å². The fourth-order valence-corrected chi connectivity index (χ4v) is 3.37. The first-order valence-corrected chi connectivity index (χ1v) is 10.8. The van der Waals surface area contributed by atoms with Gasteiger partial charge in [0.1, 0.15) is 0 Å². The van der Waals surface area contributed by atoms with Gasteiger partial charge in [0.25, 0.3) is 0 Å². The van der Waals surface area contributed by atoms with Gasteiger partial charge in [0.05, 0.1) is 0 Å². The Balaban J connectivity index is 1.71. The van der Waals surface area contributed by atoms with E-state index in [1.165, 1.54) is 5.56 Å². The molecule has 1 saturated heterocycles. The molecule has 1 aromatic heterocycles. The number of nitrogens with zero attached hydrogens (tertiary/aromatic N) is 2. The van der Waals surface area contributed by atoms with Crippen LogP contribution in [-0.2, 0) is 9.47 Å². The Hall–Kier alpha value is -1.66. The average molecular weight is 391 g/mol. The van der Waals surface area contributed by atoms with Crippen molar-refractivity contribution in [2.24, 2.45) is 16.8 Å². The number of hydrogen-bond donors (Lipinski definition) is 2. The van der Waals surface area contributed by atoms with Gasteiger partial charge in [-0.05, 0) is 49.7 Å². The summed E-state index contributed by atoms with van der Waals surface area (Å²) in [6.45, 7) is 12.4. The molecule has 0 bridgehead atoms. The molecule has 6 nitrogen and oxygen atoms in total. The number of rotatable bonds is 11. The lowest BCUT2D eigenvalue weighted by atomic mass is 9.89. The van der Waals surface area contributed by atoms with Crippen molar-refractivity contribution in [2.75, 3.05) is 46.1 Å². The Morgan fingerprint density at radius 3 is 2.82 bits per heavy atom. The maximum Gasteiger partial charge on any atom is 0.191 e. The third-order valence-electron chi connectivity index (χ3n) is 5.16. The van der Waals surface area contributed by atoms with Crippen LogP contribution in [0, 0.1) is 11.8 Å². The number of pyridine rings is 1. The number of aromatic nitrogens is 1. The van der Waals surface area contributed by atoms with Gasteiger partial charge in [0.15, 0.2) is 5.96 Å². The van der Waals surface area contributed by atoms with Gasteiger partial charge in [-0.3, -0.25) is 9.98 Å². The van der Waals surface area contributed by atoms with E-state index in [2.05, 4.69) is 42.5 Å². The molecule has 2 heterocycles. The lowest BCUT2D eigenvalue weighted by Crippen LogP contribution is -2.38. The van der Waals surface area contributed by atoms with Crippen LogP contribution in [0.3, 0.4) is 0 Å². The molecule has 158 valence electrons. The topological polar surface area (TPSA) is 67.8 Å². The molecule has 6 heteroatoms. The number of aliphatic imine (C=N–C) groups is 1. The molecule has 0 amide bonds. The summed E-state index contributed by atoms with van der Waals surface area (Å²) in [6.07, 6.45) is 7.01. The molecule has 1 aliphatic rings. The van der Waals surface area contributed by atoms with Gasteiger partial charge in [0, 0.05) is 64.4 Å². The Morgan fingerprint density at radius 2 is 2.14 bits per heavy atom. The molecule has 0 aliphatic carbocycles. The van der Waals surface area contributed by atoms with Crippen LogP contribution in [0.4, 0.5) is 0 Å². The summed E-state index contributed by atoms with van der Waals surface area (Å²) in [7, 11) is 0. The van der Waals surface area contributed by atoms with Crippen LogP contribution in [0.2, 0.25) is 0 Å². The second kappa shape index (κ2) is 13.5. The van der Waals surface area contributed by atoms with Crippen LogP contribution in [0.5, 0.6) is 0 Å². The van der Waals surface area contributed by atoms with E-state index in [9.17, 15) is 0 Å². The van der Waals surface area contributed by atoms with E-state index >= 15 is 0 Å². The summed E-state index contributed by atoms with van der Waals surface area (Å²) in [5, 5.41) is 6.77. The lowest BCUT2D eigenvalue weighted by molar-refractivity contribution is 0.0203. The van der Waals surface area contributed by atoms with E-state index in [1.807, 2.05) is 18.5 Å². The third kappa shape index (κ3) is 8.57. The SMILES string of the molecule is CCNC(=NCC(c1cccnc1)C(C)C)NCCCOCC1CCOCC1. The summed E-state index contributed by atoms with van der Waals surface area (Å²) >= 11 is 0. The quantitative estimate of drug-likeness (QED) is 0.345. The highest BCUT2D eigenvalue weighted by Gasteiger charge is 2.16. The van der Waals surface area contributed by atoms with E-state index in [0.29, 0.717) is 17.8 Å². The molecule has 1 atom stereocenters. The Bertz CT molecular complexity index is 545. The number of nitrogens with one attached hydrogen (secondary N) is 2. The highest BCUT2D eigenvalue weighted by Crippen LogP contribution is 2.23. The van der Waals surface area contributed by atoms with Gasteiger partial charge in [0.2, 0.25) is 0 Å². The van der Waals surface area contributed by atoms with Crippen molar-refractivity contribution < 1.29 is 9.47 Å². The number of ether oxygens (including phenoxy) is 2. The summed E-state index contributed by atoms with van der Waals surface area (Å²) < 4.78 is 11.2. The van der Waals surface area contributed by atoms with E-state index in [-0.39, 0.29) is 0 Å². The molecule has 0 aromatic carbocycles. The van der Waals surface area contributed by atoms with Gasteiger partial charge >= 0.3 is 0 Å². The predicted octanol–water partition coefficient (Wildman–Crippen LogP) is 3.21. The Labute approximate surface area is 170 Å². The minimum absolute atomic E-state index is 0.368. The number of hydrogen-bond acceptors (Lipinski definition) is 4. The Kier molecular flexibility index (Phi) is 10.9. The van der Waals surface area contributed by atoms with Crippen molar-refractivity contribution in [3.63, 3.8) is 0 Å². The maximum absolute atomic E-state index is 5.84. The average Bonchev–Trinajstić information content (AvgIpc) is 2.72. The predicted molar refractivity (Wildman–Crippen MR) is 115 cm³/mol. The molecule has 1 unspecified atom stereocenters. The fraction of sp³-hybridized carbons (Fsp3) is 0.727. The van der Waals surface area contributed by atoms with Crippen LogP contribution in [0.1, 0.15) is 51.5 Å². The molecular weight excluding hydrogens is 352 g/mol. The van der Waals surface area contributed by atoms with Crippen LogP contribution in [0.25, 0.3) is 0 Å². The molecular formula is C22H38N4O2. The minimum atomic E-state index is 0.368. The maximum atomic E-state index is 5.84. The molecule has 1 fully saturated rings. The molecule has 1 aromatic rings. The summed E-state index contributed by atoms with van der Waals surface area (Å²) in [4.78, 5) is 9.08. The normalized spacial score (nSPS) is 16.9. The molecule has 0 radical (unpaired) electrons. The van der Waals surface area contributed by atoms with Crippen molar-refractivity contribution in [3.8, 4) is 0 Å². The summed E-state index contributed by atoms with van der Waals surface area (Å²) in [5.41, 5.74) is 1.25. The Morgan fingerprint density at radius 1 is 1.32 bits per heavy atom. The second-order valence-corrected chi connectivity index (χ2v) is 7.77. The van der Waals surface area contributed by atoms with E-state index in [4.69, 9.17) is 14.5 Å². The molecule has 2 rings (SSSR count). The van der Waals surface area contributed by atoms with E-state index < -0.39 is 0 Å². The van der Waals surface area contributed by atoms with Crippen molar-refractivity contribution >= 4 is 5.96 Å². The first-order chi connectivity index (χ1) is 13.7. The monoisotopic (exact) mass is 390 g/mol. The van der Waals surface area contributed by atoms with Crippen molar-refractivity contribution in [1.82, 2.24) is 15.6 Å². The standard InChI is InChI=1S/C22H38N4O2/c1-4-24-22(25-11-6-12-28-17-19-8-13-27-14-9-19)26-16-21(18(2)3)20-7-5-10-23-15-20/h5,7,10,15,18-19,21H,4,6,8-9,11-14,16-17H2,1-3H3,(H2,24,25,26). The first kappa shape index (κ1) is 22.6. The van der Waals surface area contributed by atoms with Gasteiger partial charge in [-0.25, -0.2) is 0 Å². The molecule has 1 aliphatic heterocycles.